The number of benzene rings is 1. The molecule has 21 heavy (non-hydrogen) atoms. The lowest BCUT2D eigenvalue weighted by Gasteiger charge is -2.05. The molecule has 0 unspecified atom stereocenters. The first kappa shape index (κ1) is 17.0. The summed E-state index contributed by atoms with van der Waals surface area (Å²) in [5.74, 6) is 0.0479. The van der Waals surface area contributed by atoms with Gasteiger partial charge in [-0.1, -0.05) is 18.5 Å². The minimum atomic E-state index is -0.358. The van der Waals surface area contributed by atoms with Crippen LogP contribution in [0.1, 0.15) is 18.9 Å². The first-order valence-electron chi connectivity index (χ1n) is 6.63. The molecule has 1 aromatic carbocycles. The molecule has 0 aliphatic carbocycles. The van der Waals surface area contributed by atoms with Crippen molar-refractivity contribution in [3.05, 3.63) is 34.9 Å². The van der Waals surface area contributed by atoms with Gasteiger partial charge in [0.25, 0.3) is 0 Å². The Balaban J connectivity index is 2.54. The molecule has 2 amide bonds. The van der Waals surface area contributed by atoms with E-state index in [0.717, 1.165) is 6.42 Å². The largest absolute Gasteiger partial charge is 0.496 e. The van der Waals surface area contributed by atoms with E-state index in [1.807, 2.05) is 6.92 Å². The van der Waals surface area contributed by atoms with Crippen LogP contribution in [0.15, 0.2) is 24.3 Å². The molecule has 0 fully saturated rings. The summed E-state index contributed by atoms with van der Waals surface area (Å²) in [5.41, 5.74) is 0.690. The fraction of sp³-hybridized carbons (Fsp3) is 0.333. The summed E-state index contributed by atoms with van der Waals surface area (Å²) >= 11 is 5.90. The van der Waals surface area contributed by atoms with Gasteiger partial charge in [0.15, 0.2) is 0 Å². The number of halogens is 1. The summed E-state index contributed by atoms with van der Waals surface area (Å²) in [6.07, 6.45) is 3.78. The van der Waals surface area contributed by atoms with Crippen molar-refractivity contribution in [2.24, 2.45) is 0 Å². The SMILES string of the molecule is CCCNC(=O)CNC(=O)/C=C/c1cc(Cl)ccc1OC. The fourth-order valence-electron chi connectivity index (χ4n) is 1.55. The molecule has 1 aromatic rings. The Morgan fingerprint density at radius 2 is 2.10 bits per heavy atom. The molecule has 0 atom stereocenters. The molecule has 0 heterocycles. The van der Waals surface area contributed by atoms with E-state index in [1.165, 1.54) is 6.08 Å². The van der Waals surface area contributed by atoms with E-state index >= 15 is 0 Å². The lowest BCUT2D eigenvalue weighted by molar-refractivity contribution is -0.123. The molecule has 0 aromatic heterocycles. The lowest BCUT2D eigenvalue weighted by atomic mass is 10.2. The first-order chi connectivity index (χ1) is 10.1. The van der Waals surface area contributed by atoms with Crippen molar-refractivity contribution in [3.8, 4) is 5.75 Å². The van der Waals surface area contributed by atoms with Crippen molar-refractivity contribution in [1.82, 2.24) is 10.6 Å². The highest BCUT2D eigenvalue weighted by atomic mass is 35.5. The predicted octanol–water partition coefficient (Wildman–Crippen LogP) is 2.00. The van der Waals surface area contributed by atoms with E-state index in [2.05, 4.69) is 10.6 Å². The smallest absolute Gasteiger partial charge is 0.244 e. The Bertz CT molecular complexity index is 530. The minimum absolute atomic E-state index is 0.0458. The molecular weight excluding hydrogens is 292 g/mol. The van der Waals surface area contributed by atoms with E-state index in [4.69, 9.17) is 16.3 Å². The van der Waals surface area contributed by atoms with Gasteiger partial charge in [-0.3, -0.25) is 9.59 Å². The van der Waals surface area contributed by atoms with Gasteiger partial charge in [-0.05, 0) is 30.7 Å². The van der Waals surface area contributed by atoms with Crippen LogP contribution >= 0.6 is 11.6 Å². The van der Waals surface area contributed by atoms with E-state index in [0.29, 0.717) is 22.9 Å². The van der Waals surface area contributed by atoms with Gasteiger partial charge in [0.05, 0.1) is 13.7 Å². The number of rotatable bonds is 7. The topological polar surface area (TPSA) is 67.4 Å². The number of hydrogen-bond donors (Lipinski definition) is 2. The lowest BCUT2D eigenvalue weighted by Crippen LogP contribution is -2.36. The number of ether oxygens (including phenoxy) is 1. The number of amides is 2. The fourth-order valence-corrected chi connectivity index (χ4v) is 1.73. The highest BCUT2D eigenvalue weighted by Crippen LogP contribution is 2.23. The van der Waals surface area contributed by atoms with E-state index < -0.39 is 0 Å². The number of carbonyl (C=O) groups is 2. The monoisotopic (exact) mass is 310 g/mol. The summed E-state index contributed by atoms with van der Waals surface area (Å²) in [5, 5.41) is 5.72. The normalized spacial score (nSPS) is 10.4. The summed E-state index contributed by atoms with van der Waals surface area (Å²) < 4.78 is 5.17. The summed E-state index contributed by atoms with van der Waals surface area (Å²) in [6, 6.07) is 5.12. The van der Waals surface area contributed by atoms with Crippen molar-refractivity contribution in [2.45, 2.75) is 13.3 Å². The van der Waals surface area contributed by atoms with Gasteiger partial charge in [0.2, 0.25) is 11.8 Å². The average Bonchev–Trinajstić information content (AvgIpc) is 2.48. The van der Waals surface area contributed by atoms with Crippen molar-refractivity contribution in [1.29, 1.82) is 0 Å². The maximum Gasteiger partial charge on any atom is 0.244 e. The Kier molecular flexibility index (Phi) is 7.32. The van der Waals surface area contributed by atoms with Crippen LogP contribution in [0.3, 0.4) is 0 Å². The molecule has 0 aliphatic heterocycles. The van der Waals surface area contributed by atoms with Crippen LogP contribution in [-0.2, 0) is 9.59 Å². The Hall–Kier alpha value is -2.01. The van der Waals surface area contributed by atoms with Crippen LogP contribution in [0.5, 0.6) is 5.75 Å². The summed E-state index contributed by atoms with van der Waals surface area (Å²) in [6.45, 7) is 2.51. The third kappa shape index (κ3) is 6.31. The van der Waals surface area contributed by atoms with Crippen molar-refractivity contribution >= 4 is 29.5 Å². The van der Waals surface area contributed by atoms with Gasteiger partial charge in [0.1, 0.15) is 5.75 Å². The standard InChI is InChI=1S/C15H19ClN2O3/c1-3-8-17-15(20)10-18-14(19)7-4-11-9-12(16)5-6-13(11)21-2/h4-7,9H,3,8,10H2,1-2H3,(H,17,20)(H,18,19)/b7-4+. The van der Waals surface area contributed by atoms with Gasteiger partial charge >= 0.3 is 0 Å². The first-order valence-corrected chi connectivity index (χ1v) is 7.00. The molecule has 0 saturated heterocycles. The number of nitrogens with one attached hydrogen (secondary N) is 2. The second-order valence-corrected chi connectivity index (χ2v) is 4.72. The molecule has 0 spiro atoms. The Labute approximate surface area is 129 Å². The Morgan fingerprint density at radius 1 is 1.33 bits per heavy atom. The van der Waals surface area contributed by atoms with Crippen LogP contribution in [0.2, 0.25) is 5.02 Å². The number of carbonyl (C=O) groups excluding carboxylic acids is 2. The molecule has 2 N–H and O–H groups in total. The molecule has 6 heteroatoms. The molecule has 0 bridgehead atoms. The van der Waals surface area contributed by atoms with Crippen LogP contribution in [-0.4, -0.2) is 32.0 Å². The highest BCUT2D eigenvalue weighted by Gasteiger charge is 2.04. The van der Waals surface area contributed by atoms with Crippen LogP contribution < -0.4 is 15.4 Å². The molecule has 0 radical (unpaired) electrons. The van der Waals surface area contributed by atoms with Crippen LogP contribution in [0.25, 0.3) is 6.08 Å². The zero-order valence-electron chi connectivity index (χ0n) is 12.1. The highest BCUT2D eigenvalue weighted by molar-refractivity contribution is 6.30. The maximum atomic E-state index is 11.6. The summed E-state index contributed by atoms with van der Waals surface area (Å²) in [4.78, 5) is 23.0. The van der Waals surface area contributed by atoms with Crippen molar-refractivity contribution < 1.29 is 14.3 Å². The molecule has 5 nitrogen and oxygen atoms in total. The second-order valence-electron chi connectivity index (χ2n) is 4.29. The molecule has 114 valence electrons. The van der Waals surface area contributed by atoms with Crippen molar-refractivity contribution in [2.75, 3.05) is 20.2 Å². The van der Waals surface area contributed by atoms with Gasteiger partial charge in [0, 0.05) is 23.2 Å². The van der Waals surface area contributed by atoms with Gasteiger partial charge in [-0.15, -0.1) is 0 Å². The van der Waals surface area contributed by atoms with Crippen LogP contribution in [0.4, 0.5) is 0 Å². The minimum Gasteiger partial charge on any atom is -0.496 e. The van der Waals surface area contributed by atoms with Crippen molar-refractivity contribution in [3.63, 3.8) is 0 Å². The third-order valence-corrected chi connectivity index (χ3v) is 2.84. The van der Waals surface area contributed by atoms with E-state index in [9.17, 15) is 9.59 Å². The zero-order chi connectivity index (χ0) is 15.7. The average molecular weight is 311 g/mol. The second kappa shape index (κ2) is 9.02. The molecular formula is C15H19ClN2O3. The predicted molar refractivity (Wildman–Crippen MR) is 83.3 cm³/mol. The molecule has 1 rings (SSSR count). The quantitative estimate of drug-likeness (QED) is 0.757. The Morgan fingerprint density at radius 3 is 2.76 bits per heavy atom. The van der Waals surface area contributed by atoms with E-state index in [1.54, 1.807) is 31.4 Å². The van der Waals surface area contributed by atoms with Gasteiger partial charge in [-0.25, -0.2) is 0 Å². The number of hydrogen-bond acceptors (Lipinski definition) is 3. The maximum absolute atomic E-state index is 11.6. The molecule has 0 saturated carbocycles. The number of methoxy groups -OCH3 is 1. The van der Waals surface area contributed by atoms with Crippen LogP contribution in [0, 0.1) is 0 Å². The van der Waals surface area contributed by atoms with E-state index in [-0.39, 0.29) is 18.4 Å². The van der Waals surface area contributed by atoms with Gasteiger partial charge in [-0.2, -0.15) is 0 Å². The zero-order valence-corrected chi connectivity index (χ0v) is 12.9. The summed E-state index contributed by atoms with van der Waals surface area (Å²) in [7, 11) is 1.54. The molecule has 0 aliphatic rings. The third-order valence-electron chi connectivity index (χ3n) is 2.60. The van der Waals surface area contributed by atoms with Gasteiger partial charge < -0.3 is 15.4 Å².